The van der Waals surface area contributed by atoms with Crippen molar-refractivity contribution < 1.29 is 8.78 Å². The van der Waals surface area contributed by atoms with Crippen LogP contribution in [0.3, 0.4) is 0 Å². The van der Waals surface area contributed by atoms with Gasteiger partial charge >= 0.3 is 0 Å². The van der Waals surface area contributed by atoms with Gasteiger partial charge in [0, 0.05) is 17.8 Å². The van der Waals surface area contributed by atoms with Crippen molar-refractivity contribution in [3.05, 3.63) is 64.2 Å². The van der Waals surface area contributed by atoms with E-state index in [1.54, 1.807) is 25.1 Å². The van der Waals surface area contributed by atoms with Crippen LogP contribution in [-0.2, 0) is 6.54 Å². The quantitative estimate of drug-likeness (QED) is 0.935. The van der Waals surface area contributed by atoms with Crippen LogP contribution in [0.5, 0.6) is 0 Å². The van der Waals surface area contributed by atoms with Crippen LogP contribution < -0.4 is 5.32 Å². The number of halogens is 2. The van der Waals surface area contributed by atoms with Crippen LogP contribution in [0.4, 0.5) is 14.5 Å². The average Bonchev–Trinajstić information content (AvgIpc) is 2.49. The van der Waals surface area contributed by atoms with Crippen molar-refractivity contribution in [2.45, 2.75) is 13.5 Å². The number of benzene rings is 2. The second-order valence-corrected chi connectivity index (χ2v) is 4.52. The van der Waals surface area contributed by atoms with Crippen LogP contribution in [0.2, 0.25) is 0 Å². The van der Waals surface area contributed by atoms with E-state index in [0.717, 1.165) is 0 Å². The molecule has 0 bridgehead atoms. The summed E-state index contributed by atoms with van der Waals surface area (Å²) in [5.41, 5.74) is 1.77. The fraction of sp³-hybridized carbons (Fsp3) is 0.125. The second kappa shape index (κ2) is 6.02. The van der Waals surface area contributed by atoms with Gasteiger partial charge in [-0.05, 0) is 36.8 Å². The molecule has 0 aliphatic carbocycles. The van der Waals surface area contributed by atoms with E-state index in [4.69, 9.17) is 10.5 Å². The maximum atomic E-state index is 13.6. The van der Waals surface area contributed by atoms with Gasteiger partial charge in [0.2, 0.25) is 0 Å². The molecule has 0 atom stereocenters. The number of anilines is 1. The molecule has 2 aromatic rings. The lowest BCUT2D eigenvalue weighted by Gasteiger charge is -2.11. The predicted molar refractivity (Wildman–Crippen MR) is 74.3 cm³/mol. The van der Waals surface area contributed by atoms with Gasteiger partial charge in [-0.25, -0.2) is 8.78 Å². The van der Waals surface area contributed by atoms with Gasteiger partial charge in [-0.3, -0.25) is 0 Å². The summed E-state index contributed by atoms with van der Waals surface area (Å²) in [6.45, 7) is 1.90. The zero-order valence-corrected chi connectivity index (χ0v) is 11.2. The van der Waals surface area contributed by atoms with Crippen LogP contribution >= 0.6 is 0 Å². The molecule has 104 valence electrons. The molecule has 0 heterocycles. The molecule has 3 nitrogen and oxygen atoms in total. The highest BCUT2D eigenvalue weighted by molar-refractivity contribution is 5.56. The summed E-state index contributed by atoms with van der Waals surface area (Å²) in [6.07, 6.45) is 0. The van der Waals surface area contributed by atoms with Crippen molar-refractivity contribution in [1.82, 2.24) is 0 Å². The maximum absolute atomic E-state index is 13.6. The van der Waals surface area contributed by atoms with Crippen LogP contribution in [0.15, 0.2) is 30.3 Å². The lowest BCUT2D eigenvalue weighted by atomic mass is 10.1. The summed E-state index contributed by atoms with van der Waals surface area (Å²) < 4.78 is 26.9. The molecule has 1 N–H and O–H groups in total. The summed E-state index contributed by atoms with van der Waals surface area (Å²) in [4.78, 5) is 0. The van der Waals surface area contributed by atoms with Crippen molar-refractivity contribution in [2.24, 2.45) is 0 Å². The Kier molecular flexibility index (Phi) is 4.15. The number of hydrogen-bond acceptors (Lipinski definition) is 3. The summed E-state index contributed by atoms with van der Waals surface area (Å²) in [5, 5.41) is 20.6. The molecule has 0 radical (unpaired) electrons. The predicted octanol–water partition coefficient (Wildman–Crippen LogP) is 3.63. The van der Waals surface area contributed by atoms with Gasteiger partial charge in [0.05, 0.1) is 17.2 Å². The third-order valence-electron chi connectivity index (χ3n) is 3.11. The van der Waals surface area contributed by atoms with Crippen LogP contribution in [0, 0.1) is 41.2 Å². The number of hydrogen-bond donors (Lipinski definition) is 1. The Morgan fingerprint density at radius 1 is 1.05 bits per heavy atom. The Labute approximate surface area is 121 Å². The van der Waals surface area contributed by atoms with E-state index in [-0.39, 0.29) is 11.1 Å². The molecule has 0 amide bonds. The third kappa shape index (κ3) is 3.16. The van der Waals surface area contributed by atoms with E-state index in [1.165, 1.54) is 18.2 Å². The van der Waals surface area contributed by atoms with E-state index in [1.807, 2.05) is 6.07 Å². The van der Waals surface area contributed by atoms with Crippen molar-refractivity contribution in [3.63, 3.8) is 0 Å². The Balaban J connectivity index is 2.23. The van der Waals surface area contributed by atoms with Crippen molar-refractivity contribution in [3.8, 4) is 12.1 Å². The fourth-order valence-electron chi connectivity index (χ4n) is 1.89. The SMILES string of the molecule is Cc1c(F)cc(C#N)cc1NCc1ccc(F)c(C#N)c1. The topological polar surface area (TPSA) is 59.6 Å². The molecule has 0 aromatic heterocycles. The van der Waals surface area contributed by atoms with Crippen molar-refractivity contribution >= 4 is 5.69 Å². The first-order chi connectivity index (χ1) is 10.0. The van der Waals surface area contributed by atoms with E-state index in [0.29, 0.717) is 23.4 Å². The van der Waals surface area contributed by atoms with Crippen LogP contribution in [-0.4, -0.2) is 0 Å². The number of nitriles is 2. The van der Waals surface area contributed by atoms with E-state index in [2.05, 4.69) is 5.32 Å². The Bertz CT molecular complexity index is 770. The molecular formula is C16H11F2N3. The van der Waals surface area contributed by atoms with Gasteiger partial charge in [0.1, 0.15) is 17.7 Å². The lowest BCUT2D eigenvalue weighted by Crippen LogP contribution is -2.03. The summed E-state index contributed by atoms with van der Waals surface area (Å²) >= 11 is 0. The molecular weight excluding hydrogens is 272 g/mol. The van der Waals surface area contributed by atoms with Crippen molar-refractivity contribution in [2.75, 3.05) is 5.32 Å². The molecule has 5 heteroatoms. The highest BCUT2D eigenvalue weighted by Crippen LogP contribution is 2.21. The molecule has 2 rings (SSSR count). The minimum absolute atomic E-state index is 0.0389. The third-order valence-corrected chi connectivity index (χ3v) is 3.11. The number of rotatable bonds is 3. The Morgan fingerprint density at radius 3 is 2.48 bits per heavy atom. The van der Waals surface area contributed by atoms with Gasteiger partial charge in [-0.15, -0.1) is 0 Å². The highest BCUT2D eigenvalue weighted by Gasteiger charge is 2.08. The molecule has 0 saturated carbocycles. The monoisotopic (exact) mass is 283 g/mol. The summed E-state index contributed by atoms with van der Waals surface area (Å²) in [7, 11) is 0. The Morgan fingerprint density at radius 2 is 1.81 bits per heavy atom. The first kappa shape index (κ1) is 14.5. The summed E-state index contributed by atoms with van der Waals surface area (Å²) in [6, 6.07) is 10.6. The zero-order valence-electron chi connectivity index (χ0n) is 11.2. The first-order valence-corrected chi connectivity index (χ1v) is 6.18. The molecule has 2 aromatic carbocycles. The molecule has 0 spiro atoms. The van der Waals surface area contributed by atoms with E-state index >= 15 is 0 Å². The molecule has 0 aliphatic rings. The number of nitrogens with one attached hydrogen (secondary N) is 1. The molecule has 0 aliphatic heterocycles. The minimum Gasteiger partial charge on any atom is -0.381 e. The van der Waals surface area contributed by atoms with Gasteiger partial charge in [-0.1, -0.05) is 6.07 Å². The van der Waals surface area contributed by atoms with E-state index in [9.17, 15) is 8.78 Å². The van der Waals surface area contributed by atoms with Crippen LogP contribution in [0.1, 0.15) is 22.3 Å². The fourth-order valence-corrected chi connectivity index (χ4v) is 1.89. The van der Waals surface area contributed by atoms with E-state index < -0.39 is 11.6 Å². The zero-order chi connectivity index (χ0) is 15.4. The summed E-state index contributed by atoms with van der Waals surface area (Å²) in [5.74, 6) is -1.04. The largest absolute Gasteiger partial charge is 0.381 e. The Hall–Kier alpha value is -2.92. The highest BCUT2D eigenvalue weighted by atomic mass is 19.1. The van der Waals surface area contributed by atoms with Gasteiger partial charge in [0.15, 0.2) is 0 Å². The maximum Gasteiger partial charge on any atom is 0.140 e. The average molecular weight is 283 g/mol. The standard InChI is InChI=1S/C16H11F2N3/c1-10-15(18)5-12(7-19)6-16(10)21-9-11-2-3-14(17)13(4-11)8-20/h2-6,21H,9H2,1H3. The molecule has 0 unspecified atom stereocenters. The van der Waals surface area contributed by atoms with Gasteiger partial charge in [0.25, 0.3) is 0 Å². The molecule has 0 saturated heterocycles. The van der Waals surface area contributed by atoms with Gasteiger partial charge < -0.3 is 5.32 Å². The first-order valence-electron chi connectivity index (χ1n) is 6.18. The molecule has 0 fully saturated rings. The number of nitrogens with zero attached hydrogens (tertiary/aromatic N) is 2. The minimum atomic E-state index is -0.574. The lowest BCUT2D eigenvalue weighted by molar-refractivity contribution is 0.618. The van der Waals surface area contributed by atoms with Crippen molar-refractivity contribution in [1.29, 1.82) is 10.5 Å². The van der Waals surface area contributed by atoms with Crippen LogP contribution in [0.25, 0.3) is 0 Å². The smallest absolute Gasteiger partial charge is 0.140 e. The van der Waals surface area contributed by atoms with Gasteiger partial charge in [-0.2, -0.15) is 10.5 Å². The molecule has 21 heavy (non-hydrogen) atoms. The normalized spacial score (nSPS) is 9.76. The second-order valence-electron chi connectivity index (χ2n) is 4.52.